The topological polar surface area (TPSA) is 132 Å². The molecule has 186 valence electrons. The number of nitrogens with one attached hydrogen (secondary N) is 3. The number of hydrogen-bond donors (Lipinski definition) is 3. The molecule has 0 spiro atoms. The first-order valence-electron chi connectivity index (χ1n) is 11.1. The van der Waals surface area contributed by atoms with E-state index in [4.69, 9.17) is 14.2 Å². The lowest BCUT2D eigenvalue weighted by Gasteiger charge is -2.15. The third kappa shape index (κ3) is 5.14. The van der Waals surface area contributed by atoms with Crippen LogP contribution in [-0.2, 0) is 6.42 Å². The number of urea groups is 1. The van der Waals surface area contributed by atoms with Crippen LogP contribution in [0.5, 0.6) is 17.2 Å². The Bertz CT molecular complexity index is 1410. The molecule has 0 saturated heterocycles. The van der Waals surface area contributed by atoms with Crippen molar-refractivity contribution in [2.24, 2.45) is 0 Å². The highest BCUT2D eigenvalue weighted by Gasteiger charge is 2.18. The minimum Gasteiger partial charge on any atom is -0.493 e. The second-order valence-corrected chi connectivity index (χ2v) is 7.60. The van der Waals surface area contributed by atoms with Gasteiger partial charge in [-0.05, 0) is 6.42 Å². The Balaban J connectivity index is 1.69. The first-order valence-corrected chi connectivity index (χ1v) is 11.1. The molecule has 0 fully saturated rings. The molecule has 0 aliphatic rings. The molecule has 2 aromatic heterocycles. The highest BCUT2D eigenvalue weighted by atomic mass is 16.5. The molecule has 0 aliphatic carbocycles. The van der Waals surface area contributed by atoms with Gasteiger partial charge in [0.15, 0.2) is 11.5 Å². The molecular formula is C25H26N6O5. The Hall–Kier alpha value is -4.80. The fourth-order valence-electron chi connectivity index (χ4n) is 3.59. The molecule has 11 heteroatoms. The first-order chi connectivity index (χ1) is 17.4. The van der Waals surface area contributed by atoms with Crippen LogP contribution in [0.3, 0.4) is 0 Å². The Morgan fingerprint density at radius 3 is 2.28 bits per heavy atom. The van der Waals surface area contributed by atoms with E-state index in [2.05, 4.69) is 25.7 Å². The van der Waals surface area contributed by atoms with E-state index in [9.17, 15) is 9.59 Å². The number of aromatic amines is 1. The number of H-pyrrole nitrogens is 1. The van der Waals surface area contributed by atoms with Crippen molar-refractivity contribution in [1.29, 1.82) is 0 Å². The predicted octanol–water partition coefficient (Wildman–Crippen LogP) is 3.85. The molecule has 0 radical (unpaired) electrons. The van der Waals surface area contributed by atoms with Gasteiger partial charge >= 0.3 is 6.03 Å². The van der Waals surface area contributed by atoms with Crippen molar-refractivity contribution >= 4 is 17.5 Å². The van der Waals surface area contributed by atoms with Gasteiger partial charge in [0.2, 0.25) is 11.7 Å². The number of aromatic nitrogens is 4. The smallest absolute Gasteiger partial charge is 0.324 e. The number of hydrogen-bond acceptors (Lipinski definition) is 7. The summed E-state index contributed by atoms with van der Waals surface area (Å²) >= 11 is 0. The Morgan fingerprint density at radius 2 is 1.67 bits per heavy atom. The van der Waals surface area contributed by atoms with Crippen molar-refractivity contribution in [3.05, 3.63) is 70.6 Å². The molecule has 0 unspecified atom stereocenters. The average Bonchev–Trinajstić information content (AvgIpc) is 3.31. The van der Waals surface area contributed by atoms with Crippen LogP contribution in [0.25, 0.3) is 17.2 Å². The summed E-state index contributed by atoms with van der Waals surface area (Å²) in [5.74, 6) is 1.67. The second kappa shape index (κ2) is 10.6. The molecule has 4 aromatic rings. The van der Waals surface area contributed by atoms with Crippen molar-refractivity contribution in [3.8, 4) is 34.5 Å². The fourth-order valence-corrected chi connectivity index (χ4v) is 3.59. The summed E-state index contributed by atoms with van der Waals surface area (Å²) in [6.07, 6.45) is 0.564. The maximum Gasteiger partial charge on any atom is 0.324 e. The van der Waals surface area contributed by atoms with E-state index in [1.807, 2.05) is 37.3 Å². The number of carbonyl (C=O) groups excluding carboxylic acids is 1. The molecule has 2 amide bonds. The van der Waals surface area contributed by atoms with E-state index in [0.717, 1.165) is 5.56 Å². The van der Waals surface area contributed by atoms with Crippen LogP contribution in [0.1, 0.15) is 12.6 Å². The predicted molar refractivity (Wildman–Crippen MR) is 136 cm³/mol. The van der Waals surface area contributed by atoms with Crippen molar-refractivity contribution in [2.75, 3.05) is 32.0 Å². The molecule has 11 nitrogen and oxygen atoms in total. The summed E-state index contributed by atoms with van der Waals surface area (Å²) in [5.41, 5.74) is 2.11. The van der Waals surface area contributed by atoms with Gasteiger partial charge in [0, 0.05) is 35.5 Å². The lowest BCUT2D eigenvalue weighted by atomic mass is 10.2. The summed E-state index contributed by atoms with van der Waals surface area (Å²) in [4.78, 5) is 32.3. The van der Waals surface area contributed by atoms with E-state index in [1.54, 1.807) is 18.2 Å². The molecular weight excluding hydrogens is 464 g/mol. The third-order valence-corrected chi connectivity index (χ3v) is 5.29. The number of carbonyl (C=O) groups is 1. The maximum absolute atomic E-state index is 13.0. The van der Waals surface area contributed by atoms with Gasteiger partial charge in [-0.2, -0.15) is 9.78 Å². The standard InChI is InChI=1S/C25H26N6O5/c1-5-16-13-22(32)29-24(26-16)31-21(14-18(30-31)15-9-7-6-8-10-15)28-25(33)27-17-11-19(34-2)23(36-4)20(12-17)35-3/h6-14H,5H2,1-4H3,(H,26,29,32)(H2,27,28,33). The Labute approximate surface area is 207 Å². The van der Waals surface area contributed by atoms with Crippen molar-refractivity contribution in [2.45, 2.75) is 13.3 Å². The lowest BCUT2D eigenvalue weighted by molar-refractivity contribution is 0.262. The number of methoxy groups -OCH3 is 3. The summed E-state index contributed by atoms with van der Waals surface area (Å²) in [7, 11) is 4.48. The Morgan fingerprint density at radius 1 is 0.972 bits per heavy atom. The summed E-state index contributed by atoms with van der Waals surface area (Å²) in [6, 6.07) is 15.2. The van der Waals surface area contributed by atoms with E-state index < -0.39 is 6.03 Å². The normalized spacial score (nSPS) is 10.6. The molecule has 0 aliphatic heterocycles. The van der Waals surface area contributed by atoms with Gasteiger partial charge in [-0.3, -0.25) is 15.1 Å². The van der Waals surface area contributed by atoms with E-state index in [1.165, 1.54) is 32.1 Å². The number of amides is 2. The second-order valence-electron chi connectivity index (χ2n) is 7.60. The lowest BCUT2D eigenvalue weighted by Crippen LogP contribution is -2.23. The number of anilines is 2. The highest BCUT2D eigenvalue weighted by molar-refractivity contribution is 6.00. The summed E-state index contributed by atoms with van der Waals surface area (Å²) in [6.45, 7) is 1.90. The number of benzene rings is 2. The zero-order valence-electron chi connectivity index (χ0n) is 20.3. The van der Waals surface area contributed by atoms with Crippen molar-refractivity contribution < 1.29 is 19.0 Å². The van der Waals surface area contributed by atoms with Crippen LogP contribution in [0, 0.1) is 0 Å². The highest BCUT2D eigenvalue weighted by Crippen LogP contribution is 2.40. The largest absolute Gasteiger partial charge is 0.493 e. The average molecular weight is 491 g/mol. The molecule has 4 rings (SSSR count). The monoisotopic (exact) mass is 490 g/mol. The van der Waals surface area contributed by atoms with Crippen LogP contribution < -0.4 is 30.4 Å². The van der Waals surface area contributed by atoms with Gasteiger partial charge in [0.1, 0.15) is 5.82 Å². The van der Waals surface area contributed by atoms with Crippen LogP contribution in [-0.4, -0.2) is 47.1 Å². The van der Waals surface area contributed by atoms with Gasteiger partial charge < -0.3 is 19.5 Å². The quantitative estimate of drug-likeness (QED) is 0.342. The molecule has 0 saturated carbocycles. The van der Waals surface area contributed by atoms with E-state index in [0.29, 0.717) is 46.6 Å². The number of aryl methyl sites for hydroxylation is 1. The number of nitrogens with zero attached hydrogens (tertiary/aromatic N) is 3. The molecule has 36 heavy (non-hydrogen) atoms. The SMILES string of the molecule is CCc1cc(=O)[nH]c(-n2nc(-c3ccccc3)cc2NC(=O)Nc2cc(OC)c(OC)c(OC)c2)n1. The zero-order chi connectivity index (χ0) is 25.7. The van der Waals surface area contributed by atoms with Crippen LogP contribution >= 0.6 is 0 Å². The number of ether oxygens (including phenoxy) is 3. The summed E-state index contributed by atoms with van der Waals surface area (Å²) in [5, 5.41) is 10.1. The van der Waals surface area contributed by atoms with Crippen LogP contribution in [0.4, 0.5) is 16.3 Å². The molecule has 0 bridgehead atoms. The van der Waals surface area contributed by atoms with Gasteiger partial charge in [0.25, 0.3) is 5.56 Å². The molecule has 0 atom stereocenters. The minimum absolute atomic E-state index is 0.185. The molecule has 3 N–H and O–H groups in total. The maximum atomic E-state index is 13.0. The summed E-state index contributed by atoms with van der Waals surface area (Å²) < 4.78 is 17.4. The van der Waals surface area contributed by atoms with Crippen LogP contribution in [0.15, 0.2) is 59.4 Å². The molecule has 2 aromatic carbocycles. The third-order valence-electron chi connectivity index (χ3n) is 5.29. The van der Waals surface area contributed by atoms with Crippen molar-refractivity contribution in [1.82, 2.24) is 19.7 Å². The first kappa shape index (κ1) is 24.3. The molecule has 2 heterocycles. The van der Waals surface area contributed by atoms with Gasteiger partial charge in [-0.25, -0.2) is 9.78 Å². The van der Waals surface area contributed by atoms with Gasteiger partial charge in [-0.1, -0.05) is 37.3 Å². The van der Waals surface area contributed by atoms with Crippen LogP contribution in [0.2, 0.25) is 0 Å². The van der Waals surface area contributed by atoms with E-state index >= 15 is 0 Å². The van der Waals surface area contributed by atoms with Gasteiger partial charge in [0.05, 0.1) is 32.7 Å². The fraction of sp³-hybridized carbons (Fsp3) is 0.200. The zero-order valence-corrected chi connectivity index (χ0v) is 20.3. The van der Waals surface area contributed by atoms with Gasteiger partial charge in [-0.15, -0.1) is 0 Å². The number of rotatable bonds is 8. The minimum atomic E-state index is -0.556. The van der Waals surface area contributed by atoms with E-state index in [-0.39, 0.29) is 11.5 Å². The van der Waals surface area contributed by atoms with Crippen molar-refractivity contribution in [3.63, 3.8) is 0 Å². The Kier molecular flexibility index (Phi) is 7.19.